The van der Waals surface area contributed by atoms with E-state index in [4.69, 9.17) is 5.11 Å². The highest BCUT2D eigenvalue weighted by Crippen LogP contribution is 2.25. The van der Waals surface area contributed by atoms with Crippen LogP contribution in [0.2, 0.25) is 0 Å². The van der Waals surface area contributed by atoms with Crippen LogP contribution in [0.3, 0.4) is 0 Å². The van der Waals surface area contributed by atoms with Crippen LogP contribution in [0.25, 0.3) is 0 Å². The lowest BCUT2D eigenvalue weighted by atomic mass is 10.3. The van der Waals surface area contributed by atoms with Crippen LogP contribution in [0.4, 0.5) is 8.78 Å². The molecule has 0 fully saturated rings. The molecule has 0 unspecified atom stereocenters. The highest BCUT2D eigenvalue weighted by Gasteiger charge is 2.13. The van der Waals surface area contributed by atoms with Gasteiger partial charge in [-0.15, -0.1) is 0 Å². The number of aliphatic hydroxyl groups excluding tert-OH is 1. The largest absolute Gasteiger partial charge is 0.390 e. The maximum atomic E-state index is 12.2. The molecular formula is C7H6BrF2NO. The van der Waals surface area contributed by atoms with Crippen molar-refractivity contribution in [1.82, 2.24) is 4.98 Å². The van der Waals surface area contributed by atoms with E-state index in [-0.39, 0.29) is 22.5 Å². The van der Waals surface area contributed by atoms with Crippen molar-refractivity contribution in [2.75, 3.05) is 0 Å². The van der Waals surface area contributed by atoms with E-state index in [1.807, 2.05) is 0 Å². The topological polar surface area (TPSA) is 33.1 Å². The van der Waals surface area contributed by atoms with Gasteiger partial charge < -0.3 is 5.11 Å². The maximum Gasteiger partial charge on any atom is 0.281 e. The zero-order valence-electron chi connectivity index (χ0n) is 5.97. The van der Waals surface area contributed by atoms with E-state index in [0.717, 1.165) is 0 Å². The maximum absolute atomic E-state index is 12.2. The van der Waals surface area contributed by atoms with Crippen molar-refractivity contribution in [3.05, 3.63) is 28.0 Å². The van der Waals surface area contributed by atoms with E-state index in [1.165, 1.54) is 12.1 Å². The molecule has 2 nitrogen and oxygen atoms in total. The van der Waals surface area contributed by atoms with E-state index in [2.05, 4.69) is 20.9 Å². The summed E-state index contributed by atoms with van der Waals surface area (Å²) in [7, 11) is 0. The van der Waals surface area contributed by atoms with E-state index in [0.29, 0.717) is 0 Å². The predicted octanol–water partition coefficient (Wildman–Crippen LogP) is 2.27. The van der Waals surface area contributed by atoms with Gasteiger partial charge in [0.15, 0.2) is 0 Å². The van der Waals surface area contributed by atoms with E-state index < -0.39 is 6.43 Å². The fraction of sp³-hybridized carbons (Fsp3) is 0.286. The summed E-state index contributed by atoms with van der Waals surface area (Å²) in [4.78, 5) is 3.54. The van der Waals surface area contributed by atoms with Crippen molar-refractivity contribution in [3.8, 4) is 0 Å². The minimum Gasteiger partial charge on any atom is -0.390 e. The first-order chi connectivity index (χ1) is 5.65. The number of hydrogen-bond acceptors (Lipinski definition) is 2. The van der Waals surface area contributed by atoms with E-state index in [1.54, 1.807) is 0 Å². The number of alkyl halides is 2. The summed E-state index contributed by atoms with van der Waals surface area (Å²) in [6, 6.07) is 2.93. The Kier molecular flexibility index (Phi) is 3.11. The molecule has 0 amide bonds. The lowest BCUT2D eigenvalue weighted by Gasteiger charge is -2.03. The third kappa shape index (κ3) is 1.98. The van der Waals surface area contributed by atoms with Gasteiger partial charge in [-0.1, -0.05) is 0 Å². The first kappa shape index (κ1) is 9.54. The van der Waals surface area contributed by atoms with Crippen molar-refractivity contribution in [2.45, 2.75) is 13.0 Å². The minimum absolute atomic E-state index is 0.244. The molecule has 12 heavy (non-hydrogen) atoms. The molecule has 0 aliphatic heterocycles. The Balaban J connectivity index is 3.08. The van der Waals surface area contributed by atoms with Gasteiger partial charge >= 0.3 is 0 Å². The SMILES string of the molecule is OCc1ccc(Br)c(C(F)F)n1. The molecule has 0 saturated carbocycles. The smallest absolute Gasteiger partial charge is 0.281 e. The quantitative estimate of drug-likeness (QED) is 0.857. The van der Waals surface area contributed by atoms with Crippen molar-refractivity contribution in [1.29, 1.82) is 0 Å². The van der Waals surface area contributed by atoms with Crippen molar-refractivity contribution in [2.24, 2.45) is 0 Å². The molecule has 1 N–H and O–H groups in total. The summed E-state index contributed by atoms with van der Waals surface area (Å²) in [6.45, 7) is -0.326. The number of halogens is 3. The Hall–Kier alpha value is -0.550. The minimum atomic E-state index is -2.62. The average molecular weight is 238 g/mol. The molecule has 0 spiro atoms. The van der Waals surface area contributed by atoms with E-state index >= 15 is 0 Å². The van der Waals surface area contributed by atoms with Crippen LogP contribution in [0.15, 0.2) is 16.6 Å². The molecule has 66 valence electrons. The zero-order valence-corrected chi connectivity index (χ0v) is 7.55. The van der Waals surface area contributed by atoms with Crippen molar-refractivity contribution >= 4 is 15.9 Å². The first-order valence-corrected chi connectivity index (χ1v) is 3.98. The van der Waals surface area contributed by atoms with Gasteiger partial charge in [0.05, 0.1) is 12.3 Å². The predicted molar refractivity (Wildman–Crippen MR) is 42.8 cm³/mol. The molecule has 5 heteroatoms. The van der Waals surface area contributed by atoms with Crippen LogP contribution in [0.5, 0.6) is 0 Å². The van der Waals surface area contributed by atoms with Crippen molar-refractivity contribution < 1.29 is 13.9 Å². The van der Waals surface area contributed by atoms with Crippen molar-refractivity contribution in [3.63, 3.8) is 0 Å². The monoisotopic (exact) mass is 237 g/mol. The molecule has 0 saturated heterocycles. The third-order valence-electron chi connectivity index (χ3n) is 1.30. The summed E-state index contributed by atoms with van der Waals surface area (Å²) in [5, 5.41) is 8.61. The number of aromatic nitrogens is 1. The van der Waals surface area contributed by atoms with Gasteiger partial charge in [0.2, 0.25) is 0 Å². The molecule has 0 bridgehead atoms. The molecular weight excluding hydrogens is 232 g/mol. The fourth-order valence-electron chi connectivity index (χ4n) is 0.741. The second kappa shape index (κ2) is 3.91. The average Bonchev–Trinajstić information content (AvgIpc) is 2.05. The summed E-state index contributed by atoms with van der Waals surface area (Å²) in [6.07, 6.45) is -2.62. The van der Waals surface area contributed by atoms with Crippen LogP contribution in [-0.2, 0) is 6.61 Å². The molecule has 0 atom stereocenters. The first-order valence-electron chi connectivity index (χ1n) is 3.19. The molecule has 1 heterocycles. The van der Waals surface area contributed by atoms with Gasteiger partial charge in [0, 0.05) is 4.47 Å². The Bertz CT molecular complexity index is 280. The molecule has 0 radical (unpaired) electrons. The Morgan fingerprint density at radius 1 is 1.50 bits per heavy atom. The summed E-state index contributed by atoms with van der Waals surface area (Å²) in [5.74, 6) is 0. The molecule has 1 aromatic heterocycles. The van der Waals surface area contributed by atoms with Gasteiger partial charge in [-0.2, -0.15) is 0 Å². The lowest BCUT2D eigenvalue weighted by Crippen LogP contribution is -1.96. The van der Waals surface area contributed by atoms with Gasteiger partial charge in [-0.3, -0.25) is 0 Å². The molecule has 0 aliphatic rings. The number of aliphatic hydroxyl groups is 1. The number of hydrogen-bond donors (Lipinski definition) is 1. The second-order valence-electron chi connectivity index (χ2n) is 2.13. The van der Waals surface area contributed by atoms with Crippen LogP contribution < -0.4 is 0 Å². The third-order valence-corrected chi connectivity index (χ3v) is 1.97. The molecule has 1 aromatic rings. The Labute approximate surface area is 76.4 Å². The van der Waals surface area contributed by atoms with Crippen LogP contribution in [0, 0.1) is 0 Å². The summed E-state index contributed by atoms with van der Waals surface area (Å²) < 4.78 is 24.6. The van der Waals surface area contributed by atoms with Crippen LogP contribution in [-0.4, -0.2) is 10.1 Å². The Morgan fingerprint density at radius 2 is 2.17 bits per heavy atom. The summed E-state index contributed by atoms with van der Waals surface area (Å²) in [5.41, 5.74) is -0.0879. The van der Waals surface area contributed by atoms with Gasteiger partial charge in [0.1, 0.15) is 5.69 Å². The van der Waals surface area contributed by atoms with Gasteiger partial charge in [0.25, 0.3) is 6.43 Å². The number of rotatable bonds is 2. The number of nitrogens with zero attached hydrogens (tertiary/aromatic N) is 1. The standard InChI is InChI=1S/C7H6BrF2NO/c8-5-2-1-4(3-12)11-6(5)7(9)10/h1-2,7,12H,3H2. The molecule has 0 aromatic carbocycles. The highest BCUT2D eigenvalue weighted by molar-refractivity contribution is 9.10. The summed E-state index contributed by atoms with van der Waals surface area (Å²) >= 11 is 2.94. The second-order valence-corrected chi connectivity index (χ2v) is 2.98. The molecule has 0 aliphatic carbocycles. The highest BCUT2D eigenvalue weighted by atomic mass is 79.9. The zero-order chi connectivity index (χ0) is 9.14. The van der Waals surface area contributed by atoms with Gasteiger partial charge in [-0.25, -0.2) is 13.8 Å². The van der Waals surface area contributed by atoms with Gasteiger partial charge in [-0.05, 0) is 28.1 Å². The number of pyridine rings is 1. The lowest BCUT2D eigenvalue weighted by molar-refractivity contribution is 0.144. The Morgan fingerprint density at radius 3 is 2.67 bits per heavy atom. The normalized spacial score (nSPS) is 10.8. The molecule has 1 rings (SSSR count). The van der Waals surface area contributed by atoms with Crippen LogP contribution in [0.1, 0.15) is 17.8 Å². The fourth-order valence-corrected chi connectivity index (χ4v) is 1.14. The van der Waals surface area contributed by atoms with Crippen LogP contribution >= 0.6 is 15.9 Å². The van der Waals surface area contributed by atoms with E-state index in [9.17, 15) is 8.78 Å².